The summed E-state index contributed by atoms with van der Waals surface area (Å²) in [5.74, 6) is 0.980. The first-order valence-electron chi connectivity index (χ1n) is 5.05. The van der Waals surface area contributed by atoms with Gasteiger partial charge in [0.05, 0.1) is 6.61 Å². The Morgan fingerprint density at radius 1 is 1.60 bits per heavy atom. The molecule has 0 aliphatic heterocycles. The fourth-order valence-corrected chi connectivity index (χ4v) is 1.28. The maximum atomic E-state index is 11.6. The van der Waals surface area contributed by atoms with E-state index in [0.717, 1.165) is 12.2 Å². The van der Waals surface area contributed by atoms with E-state index in [2.05, 4.69) is 5.32 Å². The zero-order valence-corrected chi connectivity index (χ0v) is 9.37. The first kappa shape index (κ1) is 11.8. The molecule has 0 radical (unpaired) electrons. The number of hydrogen-bond acceptors (Lipinski definition) is 3. The topological polar surface area (TPSA) is 51.5 Å². The van der Waals surface area contributed by atoms with Crippen molar-refractivity contribution in [2.24, 2.45) is 0 Å². The Morgan fingerprint density at radius 3 is 2.87 bits per heavy atom. The molecular formula is C11H17NO3. The summed E-state index contributed by atoms with van der Waals surface area (Å²) in [6.45, 7) is 4.35. The van der Waals surface area contributed by atoms with Gasteiger partial charge in [-0.05, 0) is 19.1 Å². The summed E-state index contributed by atoms with van der Waals surface area (Å²) < 4.78 is 10.2. The first-order chi connectivity index (χ1) is 7.17. The number of aryl methyl sites for hydroxylation is 1. The van der Waals surface area contributed by atoms with Gasteiger partial charge < -0.3 is 14.5 Å². The van der Waals surface area contributed by atoms with Crippen LogP contribution >= 0.6 is 0 Å². The van der Waals surface area contributed by atoms with E-state index < -0.39 is 0 Å². The van der Waals surface area contributed by atoms with E-state index in [-0.39, 0.29) is 11.9 Å². The summed E-state index contributed by atoms with van der Waals surface area (Å²) in [4.78, 5) is 11.6. The molecule has 1 atom stereocenters. The normalized spacial score (nSPS) is 12.5. The van der Waals surface area contributed by atoms with E-state index in [0.29, 0.717) is 12.4 Å². The highest BCUT2D eigenvalue weighted by Crippen LogP contribution is 2.08. The average molecular weight is 211 g/mol. The van der Waals surface area contributed by atoms with Crippen molar-refractivity contribution in [2.75, 3.05) is 13.7 Å². The Hall–Kier alpha value is -1.29. The van der Waals surface area contributed by atoms with Crippen molar-refractivity contribution in [1.29, 1.82) is 0 Å². The van der Waals surface area contributed by atoms with Gasteiger partial charge in [-0.15, -0.1) is 0 Å². The highest BCUT2D eigenvalue weighted by Gasteiger charge is 2.12. The van der Waals surface area contributed by atoms with Gasteiger partial charge in [-0.1, -0.05) is 6.92 Å². The Morgan fingerprint density at radius 2 is 2.33 bits per heavy atom. The molecule has 0 fully saturated rings. The molecule has 4 nitrogen and oxygen atoms in total. The maximum Gasteiger partial charge on any atom is 0.287 e. The third-order valence-electron chi connectivity index (χ3n) is 2.03. The number of rotatable bonds is 5. The third kappa shape index (κ3) is 3.40. The van der Waals surface area contributed by atoms with E-state index in [4.69, 9.17) is 9.15 Å². The average Bonchev–Trinajstić information content (AvgIpc) is 2.66. The van der Waals surface area contributed by atoms with Crippen LogP contribution in [0.2, 0.25) is 0 Å². The van der Waals surface area contributed by atoms with Crippen LogP contribution in [0, 0.1) is 0 Å². The van der Waals surface area contributed by atoms with E-state index in [1.807, 2.05) is 19.9 Å². The highest BCUT2D eigenvalue weighted by molar-refractivity contribution is 5.91. The number of hydrogen-bond donors (Lipinski definition) is 1. The smallest absolute Gasteiger partial charge is 0.287 e. The number of amides is 1. The predicted octanol–water partition coefficient (Wildman–Crippen LogP) is 1.61. The van der Waals surface area contributed by atoms with Gasteiger partial charge in [-0.3, -0.25) is 4.79 Å². The summed E-state index contributed by atoms with van der Waals surface area (Å²) in [6.07, 6.45) is 0.793. The number of ether oxygens (including phenoxy) is 1. The van der Waals surface area contributed by atoms with Gasteiger partial charge in [-0.25, -0.2) is 0 Å². The van der Waals surface area contributed by atoms with Crippen molar-refractivity contribution in [3.63, 3.8) is 0 Å². The molecule has 1 N–H and O–H groups in total. The quantitative estimate of drug-likeness (QED) is 0.805. The SMILES string of the molecule is CCc1ccc(C(=O)NC(C)COC)o1. The van der Waals surface area contributed by atoms with Crippen molar-refractivity contribution < 1.29 is 13.9 Å². The maximum absolute atomic E-state index is 11.6. The first-order valence-corrected chi connectivity index (χ1v) is 5.05. The van der Waals surface area contributed by atoms with Gasteiger partial charge in [-0.2, -0.15) is 0 Å². The summed E-state index contributed by atoms with van der Waals surface area (Å²) in [7, 11) is 1.60. The van der Waals surface area contributed by atoms with Crippen molar-refractivity contribution in [1.82, 2.24) is 5.32 Å². The lowest BCUT2D eigenvalue weighted by molar-refractivity contribution is 0.0876. The molecule has 4 heteroatoms. The lowest BCUT2D eigenvalue weighted by Gasteiger charge is -2.10. The fraction of sp³-hybridized carbons (Fsp3) is 0.545. The molecule has 1 amide bonds. The largest absolute Gasteiger partial charge is 0.456 e. The van der Waals surface area contributed by atoms with Crippen LogP contribution in [0.3, 0.4) is 0 Å². The van der Waals surface area contributed by atoms with Gasteiger partial charge in [0.25, 0.3) is 5.91 Å². The summed E-state index contributed by atoms with van der Waals surface area (Å²) in [5, 5.41) is 2.78. The second-order valence-corrected chi connectivity index (χ2v) is 3.45. The molecule has 0 saturated heterocycles. The number of carbonyl (C=O) groups excluding carboxylic acids is 1. The Balaban J connectivity index is 2.53. The van der Waals surface area contributed by atoms with Crippen LogP contribution in [-0.4, -0.2) is 25.7 Å². The second-order valence-electron chi connectivity index (χ2n) is 3.45. The summed E-state index contributed by atoms with van der Waals surface area (Å²) in [5.41, 5.74) is 0. The third-order valence-corrected chi connectivity index (χ3v) is 2.03. The van der Waals surface area contributed by atoms with Crippen molar-refractivity contribution >= 4 is 5.91 Å². The monoisotopic (exact) mass is 211 g/mol. The molecule has 0 saturated carbocycles. The lowest BCUT2D eigenvalue weighted by Crippen LogP contribution is -2.35. The molecule has 0 aliphatic carbocycles. The van der Waals surface area contributed by atoms with Crippen molar-refractivity contribution in [3.8, 4) is 0 Å². The van der Waals surface area contributed by atoms with Crippen molar-refractivity contribution in [3.05, 3.63) is 23.7 Å². The van der Waals surface area contributed by atoms with Crippen LogP contribution in [0.1, 0.15) is 30.2 Å². The van der Waals surface area contributed by atoms with Crippen LogP contribution in [0.4, 0.5) is 0 Å². The molecule has 0 bridgehead atoms. The van der Waals surface area contributed by atoms with Crippen LogP contribution < -0.4 is 5.32 Å². The minimum Gasteiger partial charge on any atom is -0.456 e. The lowest BCUT2D eigenvalue weighted by atomic mass is 10.3. The molecule has 1 unspecified atom stereocenters. The fourth-order valence-electron chi connectivity index (χ4n) is 1.28. The van der Waals surface area contributed by atoms with Crippen LogP contribution in [0.25, 0.3) is 0 Å². The Bertz CT molecular complexity index is 319. The molecule has 84 valence electrons. The molecule has 1 heterocycles. The molecular weight excluding hydrogens is 194 g/mol. The molecule has 15 heavy (non-hydrogen) atoms. The van der Waals surface area contributed by atoms with Gasteiger partial charge in [0.2, 0.25) is 0 Å². The standard InChI is InChI=1S/C11H17NO3/c1-4-9-5-6-10(15-9)11(13)12-8(2)7-14-3/h5-6,8H,4,7H2,1-3H3,(H,12,13). The molecule has 0 aromatic carbocycles. The summed E-state index contributed by atoms with van der Waals surface area (Å²) >= 11 is 0. The number of carbonyl (C=O) groups is 1. The molecule has 0 aliphatic rings. The van der Waals surface area contributed by atoms with Gasteiger partial charge in [0.15, 0.2) is 5.76 Å². The number of methoxy groups -OCH3 is 1. The van der Waals surface area contributed by atoms with Gasteiger partial charge in [0, 0.05) is 19.6 Å². The van der Waals surface area contributed by atoms with E-state index in [1.165, 1.54) is 0 Å². The second kappa shape index (κ2) is 5.56. The van der Waals surface area contributed by atoms with E-state index >= 15 is 0 Å². The van der Waals surface area contributed by atoms with Crippen LogP contribution in [0.15, 0.2) is 16.5 Å². The van der Waals surface area contributed by atoms with Crippen LogP contribution in [0.5, 0.6) is 0 Å². The minimum atomic E-state index is -0.195. The van der Waals surface area contributed by atoms with Gasteiger partial charge in [0.1, 0.15) is 5.76 Å². The van der Waals surface area contributed by atoms with Gasteiger partial charge >= 0.3 is 0 Å². The molecule has 1 aromatic rings. The van der Waals surface area contributed by atoms with E-state index in [1.54, 1.807) is 13.2 Å². The van der Waals surface area contributed by atoms with Crippen molar-refractivity contribution in [2.45, 2.75) is 26.3 Å². The number of nitrogens with one attached hydrogen (secondary N) is 1. The zero-order valence-electron chi connectivity index (χ0n) is 9.37. The Labute approximate surface area is 89.6 Å². The van der Waals surface area contributed by atoms with Crippen LogP contribution in [-0.2, 0) is 11.2 Å². The molecule has 1 aromatic heterocycles. The predicted molar refractivity (Wildman–Crippen MR) is 56.9 cm³/mol. The summed E-state index contributed by atoms with van der Waals surface area (Å²) in [6, 6.07) is 3.49. The van der Waals surface area contributed by atoms with E-state index in [9.17, 15) is 4.79 Å². The minimum absolute atomic E-state index is 0.0160. The Kier molecular flexibility index (Phi) is 4.37. The highest BCUT2D eigenvalue weighted by atomic mass is 16.5. The molecule has 1 rings (SSSR count). The number of furan rings is 1. The molecule has 0 spiro atoms. The zero-order chi connectivity index (χ0) is 11.3.